The molecular weight excluding hydrogens is 270 g/mol. The molecule has 0 radical (unpaired) electrons. The Kier molecular flexibility index (Phi) is 5.94. The van der Waals surface area contributed by atoms with Gasteiger partial charge in [-0.05, 0) is 6.42 Å². The predicted molar refractivity (Wildman–Crippen MR) is 71.6 cm³/mol. The number of nitrogens with two attached hydrogens (primary N) is 1. The second-order valence-electron chi connectivity index (χ2n) is 4.29. The number of carbonyl (C=O) groups excluding carboxylic acids is 2. The number of nitrogens with zero attached hydrogens (tertiary/aromatic N) is 1. The standard InChI is InChI=1S/C11H19N3O4S/c1-2-3-9-14(7(6-19-9)10(16)17)11(18)13-5-4-8(12)15/h7,9H,2-6H2,1H3,(H2,12,15)(H,13,18)(H,16,17). The largest absolute Gasteiger partial charge is 0.480 e. The second kappa shape index (κ2) is 7.22. The van der Waals surface area contributed by atoms with Gasteiger partial charge in [0.25, 0.3) is 0 Å². The average Bonchev–Trinajstić information content (AvgIpc) is 2.72. The Labute approximate surface area is 115 Å². The Balaban J connectivity index is 2.63. The molecule has 2 atom stereocenters. The summed E-state index contributed by atoms with van der Waals surface area (Å²) >= 11 is 1.47. The minimum absolute atomic E-state index is 0.0445. The number of hydrogen-bond acceptors (Lipinski definition) is 4. The minimum atomic E-state index is -1.00. The fraction of sp³-hybridized carbons (Fsp3) is 0.727. The molecule has 0 aromatic heterocycles. The van der Waals surface area contributed by atoms with Gasteiger partial charge in [-0.15, -0.1) is 11.8 Å². The molecule has 1 aliphatic heterocycles. The summed E-state index contributed by atoms with van der Waals surface area (Å²) in [5, 5.41) is 11.5. The van der Waals surface area contributed by atoms with Crippen LogP contribution < -0.4 is 11.1 Å². The summed E-state index contributed by atoms with van der Waals surface area (Å²) in [6.45, 7) is 2.11. The van der Waals surface area contributed by atoms with E-state index in [2.05, 4.69) is 5.32 Å². The van der Waals surface area contributed by atoms with Crippen LogP contribution in [0.4, 0.5) is 4.79 Å². The number of urea groups is 1. The zero-order chi connectivity index (χ0) is 14.4. The molecule has 0 saturated carbocycles. The van der Waals surface area contributed by atoms with E-state index in [1.807, 2.05) is 6.92 Å². The van der Waals surface area contributed by atoms with Crippen molar-refractivity contribution in [1.29, 1.82) is 0 Å². The molecule has 0 aromatic rings. The van der Waals surface area contributed by atoms with Crippen molar-refractivity contribution in [3.63, 3.8) is 0 Å². The highest BCUT2D eigenvalue weighted by Gasteiger charge is 2.41. The molecular formula is C11H19N3O4S. The molecule has 1 aliphatic rings. The first-order chi connectivity index (χ1) is 8.97. The Bertz CT molecular complexity index is 364. The van der Waals surface area contributed by atoms with Gasteiger partial charge in [-0.2, -0.15) is 0 Å². The van der Waals surface area contributed by atoms with Crippen molar-refractivity contribution in [2.75, 3.05) is 12.3 Å². The number of carbonyl (C=O) groups is 3. The maximum atomic E-state index is 12.0. The third-order valence-corrected chi connectivity index (χ3v) is 4.15. The topological polar surface area (TPSA) is 113 Å². The van der Waals surface area contributed by atoms with Crippen molar-refractivity contribution in [3.05, 3.63) is 0 Å². The van der Waals surface area contributed by atoms with E-state index in [4.69, 9.17) is 10.8 Å². The van der Waals surface area contributed by atoms with E-state index in [0.717, 1.165) is 12.8 Å². The molecule has 7 nitrogen and oxygen atoms in total. The second-order valence-corrected chi connectivity index (χ2v) is 5.50. The minimum Gasteiger partial charge on any atom is -0.480 e. The van der Waals surface area contributed by atoms with Crippen LogP contribution in [0.2, 0.25) is 0 Å². The van der Waals surface area contributed by atoms with E-state index in [9.17, 15) is 14.4 Å². The highest BCUT2D eigenvalue weighted by Crippen LogP contribution is 2.32. The fourth-order valence-electron chi connectivity index (χ4n) is 1.88. The highest BCUT2D eigenvalue weighted by atomic mass is 32.2. The van der Waals surface area contributed by atoms with Gasteiger partial charge in [0, 0.05) is 18.7 Å². The van der Waals surface area contributed by atoms with Crippen LogP contribution in [-0.4, -0.2) is 51.6 Å². The van der Waals surface area contributed by atoms with E-state index in [1.54, 1.807) is 0 Å². The molecule has 108 valence electrons. The molecule has 1 rings (SSSR count). The van der Waals surface area contributed by atoms with Crippen molar-refractivity contribution in [1.82, 2.24) is 10.2 Å². The molecule has 2 unspecified atom stereocenters. The van der Waals surface area contributed by atoms with Gasteiger partial charge in [0.15, 0.2) is 0 Å². The molecule has 0 bridgehead atoms. The summed E-state index contributed by atoms with van der Waals surface area (Å²) in [6.07, 6.45) is 1.66. The van der Waals surface area contributed by atoms with Crippen LogP contribution in [0, 0.1) is 0 Å². The monoisotopic (exact) mass is 289 g/mol. The summed E-state index contributed by atoms with van der Waals surface area (Å²) in [4.78, 5) is 35.1. The number of nitrogens with one attached hydrogen (secondary N) is 1. The maximum absolute atomic E-state index is 12.0. The lowest BCUT2D eigenvalue weighted by Crippen LogP contribution is -2.50. The van der Waals surface area contributed by atoms with Crippen LogP contribution in [0.1, 0.15) is 26.2 Å². The number of aliphatic carboxylic acids is 1. The van der Waals surface area contributed by atoms with Crippen molar-refractivity contribution >= 4 is 29.7 Å². The van der Waals surface area contributed by atoms with Gasteiger partial charge in [0.2, 0.25) is 5.91 Å². The Morgan fingerprint density at radius 1 is 1.47 bits per heavy atom. The molecule has 0 aliphatic carbocycles. The number of carboxylic acids is 1. The van der Waals surface area contributed by atoms with Crippen LogP contribution in [0.3, 0.4) is 0 Å². The first-order valence-corrected chi connectivity index (χ1v) is 7.21. The molecule has 8 heteroatoms. The first kappa shape index (κ1) is 15.6. The van der Waals surface area contributed by atoms with Crippen molar-refractivity contribution in [2.45, 2.75) is 37.6 Å². The highest BCUT2D eigenvalue weighted by molar-refractivity contribution is 8.00. The Hall–Kier alpha value is -1.44. The number of hydrogen-bond donors (Lipinski definition) is 3. The number of thioether (sulfide) groups is 1. The molecule has 0 spiro atoms. The first-order valence-electron chi connectivity index (χ1n) is 6.16. The summed E-state index contributed by atoms with van der Waals surface area (Å²) < 4.78 is 0. The van der Waals surface area contributed by atoms with Crippen LogP contribution in [-0.2, 0) is 9.59 Å². The van der Waals surface area contributed by atoms with Gasteiger partial charge >= 0.3 is 12.0 Å². The van der Waals surface area contributed by atoms with Crippen LogP contribution in [0.5, 0.6) is 0 Å². The Morgan fingerprint density at radius 2 is 2.16 bits per heavy atom. The Morgan fingerprint density at radius 3 is 2.68 bits per heavy atom. The van der Waals surface area contributed by atoms with Gasteiger partial charge < -0.3 is 16.2 Å². The van der Waals surface area contributed by atoms with E-state index in [0.29, 0.717) is 5.75 Å². The van der Waals surface area contributed by atoms with Gasteiger partial charge in [0.05, 0.1) is 5.37 Å². The van der Waals surface area contributed by atoms with Crippen LogP contribution in [0.25, 0.3) is 0 Å². The SMILES string of the molecule is CCCC1SCC(C(=O)O)N1C(=O)NCCC(N)=O. The lowest BCUT2D eigenvalue weighted by atomic mass is 10.2. The summed E-state index contributed by atoms with van der Waals surface area (Å²) in [5.41, 5.74) is 4.98. The fourth-order valence-corrected chi connectivity index (χ4v) is 3.39. The number of carboxylic acid groups (broad SMARTS) is 1. The van der Waals surface area contributed by atoms with E-state index >= 15 is 0 Å². The number of amides is 3. The quantitative estimate of drug-likeness (QED) is 0.646. The van der Waals surface area contributed by atoms with Gasteiger partial charge in [0.1, 0.15) is 6.04 Å². The van der Waals surface area contributed by atoms with Crippen LogP contribution >= 0.6 is 11.8 Å². The molecule has 19 heavy (non-hydrogen) atoms. The summed E-state index contributed by atoms with van der Waals surface area (Å²) in [7, 11) is 0. The van der Waals surface area contributed by atoms with Crippen molar-refractivity contribution in [2.24, 2.45) is 5.73 Å². The molecule has 1 heterocycles. The van der Waals surface area contributed by atoms with Crippen LogP contribution in [0.15, 0.2) is 0 Å². The third-order valence-electron chi connectivity index (χ3n) is 2.80. The molecule has 1 saturated heterocycles. The van der Waals surface area contributed by atoms with Gasteiger partial charge in [-0.3, -0.25) is 9.69 Å². The van der Waals surface area contributed by atoms with Gasteiger partial charge in [-0.1, -0.05) is 13.3 Å². The zero-order valence-electron chi connectivity index (χ0n) is 10.8. The normalized spacial score (nSPS) is 22.3. The molecule has 1 fully saturated rings. The molecule has 4 N–H and O–H groups in total. The number of rotatable bonds is 6. The van der Waals surface area contributed by atoms with E-state index < -0.39 is 23.9 Å². The lowest BCUT2D eigenvalue weighted by Gasteiger charge is -2.27. The number of primary amides is 1. The molecule has 3 amide bonds. The van der Waals surface area contributed by atoms with Crippen molar-refractivity contribution in [3.8, 4) is 0 Å². The van der Waals surface area contributed by atoms with Gasteiger partial charge in [-0.25, -0.2) is 9.59 Å². The lowest BCUT2D eigenvalue weighted by molar-refractivity contribution is -0.141. The maximum Gasteiger partial charge on any atom is 0.327 e. The summed E-state index contributed by atoms with van der Waals surface area (Å²) in [6, 6.07) is -1.26. The summed E-state index contributed by atoms with van der Waals surface area (Å²) in [5.74, 6) is -1.12. The van der Waals surface area contributed by atoms with E-state index in [1.165, 1.54) is 16.7 Å². The predicted octanol–water partition coefficient (Wildman–Crippen LogP) is 0.200. The van der Waals surface area contributed by atoms with Crippen molar-refractivity contribution < 1.29 is 19.5 Å². The zero-order valence-corrected chi connectivity index (χ0v) is 11.6. The third kappa shape index (κ3) is 4.30. The smallest absolute Gasteiger partial charge is 0.327 e. The van der Waals surface area contributed by atoms with E-state index in [-0.39, 0.29) is 18.3 Å². The molecule has 0 aromatic carbocycles. The average molecular weight is 289 g/mol.